The van der Waals surface area contributed by atoms with Crippen LogP contribution in [0.3, 0.4) is 0 Å². The summed E-state index contributed by atoms with van der Waals surface area (Å²) in [6.45, 7) is 7.88. The number of rotatable bonds is 10. The van der Waals surface area contributed by atoms with Crippen LogP contribution in [-0.4, -0.2) is 86.6 Å². The van der Waals surface area contributed by atoms with Crippen molar-refractivity contribution in [2.45, 2.75) is 38.6 Å². The molecule has 0 atom stereocenters. The predicted octanol–water partition coefficient (Wildman–Crippen LogP) is 2.35. The summed E-state index contributed by atoms with van der Waals surface area (Å²) in [7, 11) is 1.74. The van der Waals surface area contributed by atoms with Crippen molar-refractivity contribution in [3.8, 4) is 0 Å². The number of carbonyl (C=O) groups excluding carboxylic acids is 2. The van der Waals surface area contributed by atoms with Gasteiger partial charge in [-0.1, -0.05) is 12.1 Å². The van der Waals surface area contributed by atoms with E-state index in [9.17, 15) is 9.59 Å². The lowest BCUT2D eigenvalue weighted by atomic mass is 10.1. The van der Waals surface area contributed by atoms with Gasteiger partial charge in [0.15, 0.2) is 5.96 Å². The average Bonchev–Trinajstić information content (AvgIpc) is 3.03. The summed E-state index contributed by atoms with van der Waals surface area (Å²) in [6, 6.07) is 7.45. The molecule has 2 aliphatic rings. The van der Waals surface area contributed by atoms with Crippen LogP contribution in [0, 0.1) is 0 Å². The van der Waals surface area contributed by atoms with Gasteiger partial charge in [0.25, 0.3) is 11.8 Å². The van der Waals surface area contributed by atoms with Crippen molar-refractivity contribution in [1.29, 1.82) is 0 Å². The van der Waals surface area contributed by atoms with Crippen LogP contribution in [0.25, 0.3) is 0 Å². The summed E-state index contributed by atoms with van der Waals surface area (Å²) in [5, 5.41) is 6.87. The number of hydrogen-bond donors (Lipinski definition) is 2. The Bertz CT molecular complexity index is 746. The molecule has 8 nitrogen and oxygen atoms in total. The summed E-state index contributed by atoms with van der Waals surface area (Å²) < 4.78 is 5.17. The molecule has 2 amide bonds. The molecule has 32 heavy (non-hydrogen) atoms. The van der Waals surface area contributed by atoms with Gasteiger partial charge in [0, 0.05) is 52.4 Å². The largest absolute Gasteiger partial charge is 0.383 e. The second-order valence-electron chi connectivity index (χ2n) is 8.03. The zero-order valence-electron chi connectivity index (χ0n) is 19.1. The summed E-state index contributed by atoms with van der Waals surface area (Å²) in [5.41, 5.74) is 1.02. The lowest BCUT2D eigenvalue weighted by Crippen LogP contribution is -2.49. The highest BCUT2D eigenvalue weighted by atomic mass is 127. The van der Waals surface area contributed by atoms with Gasteiger partial charge in [0.2, 0.25) is 0 Å². The van der Waals surface area contributed by atoms with Crippen molar-refractivity contribution in [1.82, 2.24) is 20.4 Å². The van der Waals surface area contributed by atoms with Gasteiger partial charge in [0.1, 0.15) is 0 Å². The van der Waals surface area contributed by atoms with Crippen molar-refractivity contribution >= 4 is 41.8 Å². The first-order valence-corrected chi connectivity index (χ1v) is 11.4. The predicted molar refractivity (Wildman–Crippen MR) is 137 cm³/mol. The molecule has 2 aliphatic heterocycles. The Labute approximate surface area is 208 Å². The van der Waals surface area contributed by atoms with Gasteiger partial charge in [-0.2, -0.15) is 0 Å². The number of amides is 2. The highest BCUT2D eigenvalue weighted by molar-refractivity contribution is 14.0. The van der Waals surface area contributed by atoms with E-state index in [1.54, 1.807) is 31.4 Å². The van der Waals surface area contributed by atoms with Crippen LogP contribution in [0.2, 0.25) is 0 Å². The first-order valence-electron chi connectivity index (χ1n) is 11.4. The fourth-order valence-corrected chi connectivity index (χ4v) is 4.05. The van der Waals surface area contributed by atoms with E-state index in [0.717, 1.165) is 64.4 Å². The van der Waals surface area contributed by atoms with Gasteiger partial charge < -0.3 is 20.3 Å². The van der Waals surface area contributed by atoms with E-state index in [1.807, 2.05) is 0 Å². The molecule has 0 radical (unpaired) electrons. The summed E-state index contributed by atoms with van der Waals surface area (Å²) >= 11 is 0. The third-order valence-electron chi connectivity index (χ3n) is 5.82. The number of ether oxygens (including phenoxy) is 1. The summed E-state index contributed by atoms with van der Waals surface area (Å²) in [5.74, 6) is 0.477. The Morgan fingerprint density at radius 2 is 1.75 bits per heavy atom. The Kier molecular flexibility index (Phi) is 11.4. The van der Waals surface area contributed by atoms with Gasteiger partial charge >= 0.3 is 0 Å². The number of likely N-dealkylation sites (tertiary alicyclic amines) is 1. The highest BCUT2D eigenvalue weighted by Gasteiger charge is 2.34. The van der Waals surface area contributed by atoms with E-state index in [1.165, 1.54) is 4.90 Å². The number of carbonyl (C=O) groups is 2. The number of methoxy groups -OCH3 is 1. The van der Waals surface area contributed by atoms with E-state index in [4.69, 9.17) is 9.73 Å². The summed E-state index contributed by atoms with van der Waals surface area (Å²) in [4.78, 5) is 33.3. The van der Waals surface area contributed by atoms with E-state index in [2.05, 4.69) is 22.5 Å². The molecule has 1 aromatic rings. The fraction of sp³-hybridized carbons (Fsp3) is 0.609. The van der Waals surface area contributed by atoms with Crippen molar-refractivity contribution in [2.24, 2.45) is 4.99 Å². The average molecular weight is 557 g/mol. The minimum atomic E-state index is -0.184. The first kappa shape index (κ1) is 26.5. The molecule has 3 rings (SSSR count). The first-order chi connectivity index (χ1) is 15.1. The maximum Gasteiger partial charge on any atom is 0.261 e. The van der Waals surface area contributed by atoms with Gasteiger partial charge in [-0.25, -0.2) is 0 Å². The molecular formula is C23H36IN5O3. The van der Waals surface area contributed by atoms with E-state index in [-0.39, 0.29) is 35.8 Å². The van der Waals surface area contributed by atoms with Crippen molar-refractivity contribution in [2.75, 3.05) is 53.0 Å². The third-order valence-corrected chi connectivity index (χ3v) is 5.82. The number of piperidine rings is 1. The zero-order chi connectivity index (χ0) is 22.1. The quantitative estimate of drug-likeness (QED) is 0.151. The van der Waals surface area contributed by atoms with Crippen LogP contribution in [0.4, 0.5) is 0 Å². The molecule has 0 saturated carbocycles. The zero-order valence-corrected chi connectivity index (χ0v) is 21.5. The van der Waals surface area contributed by atoms with Gasteiger partial charge in [-0.15, -0.1) is 24.0 Å². The van der Waals surface area contributed by atoms with E-state index < -0.39 is 0 Å². The number of imide groups is 1. The minimum absolute atomic E-state index is 0. The lowest BCUT2D eigenvalue weighted by Gasteiger charge is -2.32. The smallest absolute Gasteiger partial charge is 0.261 e. The molecule has 0 unspecified atom stereocenters. The standard InChI is InChI=1S/C23H35N5O3.HI/c1-3-24-23(26-18-10-14-27(15-11-18)16-17-31-2)25-12-6-7-13-28-21(29)19-8-4-5-9-20(19)22(28)30;/h4-5,8-9,18H,3,6-7,10-17H2,1-2H3,(H2,24,25,26);1H. The molecule has 1 fully saturated rings. The molecule has 1 saturated heterocycles. The van der Waals surface area contributed by atoms with Crippen molar-refractivity contribution in [3.05, 3.63) is 35.4 Å². The van der Waals surface area contributed by atoms with Crippen LogP contribution in [-0.2, 0) is 4.74 Å². The Morgan fingerprint density at radius 3 is 2.34 bits per heavy atom. The van der Waals surface area contributed by atoms with E-state index >= 15 is 0 Å². The number of unbranched alkanes of at least 4 members (excludes halogenated alkanes) is 1. The number of guanidine groups is 1. The van der Waals surface area contributed by atoms with Crippen LogP contribution in [0.1, 0.15) is 53.3 Å². The van der Waals surface area contributed by atoms with Gasteiger partial charge in [-0.3, -0.25) is 19.5 Å². The molecule has 2 N–H and O–H groups in total. The molecule has 9 heteroatoms. The maximum atomic E-state index is 12.4. The number of nitrogens with one attached hydrogen (secondary N) is 2. The summed E-state index contributed by atoms with van der Waals surface area (Å²) in [6.07, 6.45) is 3.74. The number of nitrogens with zero attached hydrogens (tertiary/aromatic N) is 3. The molecule has 178 valence electrons. The van der Waals surface area contributed by atoms with Crippen molar-refractivity contribution < 1.29 is 14.3 Å². The molecular weight excluding hydrogens is 521 g/mol. The van der Waals surface area contributed by atoms with Crippen LogP contribution < -0.4 is 10.6 Å². The Morgan fingerprint density at radius 1 is 1.09 bits per heavy atom. The second kappa shape index (κ2) is 13.7. The number of aliphatic imine (C=N–C) groups is 1. The van der Waals surface area contributed by atoms with Crippen LogP contribution in [0.5, 0.6) is 0 Å². The van der Waals surface area contributed by atoms with E-state index in [0.29, 0.717) is 30.3 Å². The molecule has 1 aromatic carbocycles. The number of hydrogen-bond acceptors (Lipinski definition) is 5. The van der Waals surface area contributed by atoms with Gasteiger partial charge in [-0.05, 0) is 44.7 Å². The maximum absolute atomic E-state index is 12.4. The highest BCUT2D eigenvalue weighted by Crippen LogP contribution is 2.22. The molecule has 0 aromatic heterocycles. The lowest BCUT2D eigenvalue weighted by molar-refractivity contribution is 0.0652. The normalized spacial score (nSPS) is 17.3. The number of benzene rings is 1. The van der Waals surface area contributed by atoms with Gasteiger partial charge in [0.05, 0.1) is 17.7 Å². The topological polar surface area (TPSA) is 86.3 Å². The molecule has 0 bridgehead atoms. The third kappa shape index (κ3) is 7.14. The monoisotopic (exact) mass is 557 g/mol. The molecule has 2 heterocycles. The van der Waals surface area contributed by atoms with Crippen LogP contribution >= 0.6 is 24.0 Å². The second-order valence-corrected chi connectivity index (χ2v) is 8.03. The molecule has 0 aliphatic carbocycles. The van der Waals surface area contributed by atoms with Crippen molar-refractivity contribution in [3.63, 3.8) is 0 Å². The Hall–Kier alpha value is -1.72. The fourth-order valence-electron chi connectivity index (χ4n) is 4.05. The number of halogens is 1. The minimum Gasteiger partial charge on any atom is -0.383 e. The van der Waals surface area contributed by atoms with Crippen LogP contribution in [0.15, 0.2) is 29.3 Å². The molecule has 0 spiro atoms. The Balaban J connectivity index is 0.00000363. The SMILES string of the molecule is CCNC(=NCCCCN1C(=O)c2ccccc2C1=O)NC1CCN(CCOC)CC1.I. The number of fused-ring (bicyclic) bond motifs is 1.